The molecule has 2 aromatic rings. The first-order valence-corrected chi connectivity index (χ1v) is 8.45. The van der Waals surface area contributed by atoms with Gasteiger partial charge in [0.15, 0.2) is 5.16 Å². The molecule has 6 nitrogen and oxygen atoms in total. The number of aromatic nitrogens is 2. The summed E-state index contributed by atoms with van der Waals surface area (Å²) >= 11 is 1.24. The lowest BCUT2D eigenvalue weighted by atomic mass is 10.2. The van der Waals surface area contributed by atoms with Crippen LogP contribution in [-0.4, -0.2) is 32.6 Å². The average Bonchev–Trinajstić information content (AvgIpc) is 2.60. The fraction of sp³-hybridized carbons (Fsp3) is 0.294. The normalized spacial score (nSPS) is 11.5. The van der Waals surface area contributed by atoms with Crippen LogP contribution in [0.25, 0.3) is 0 Å². The van der Waals surface area contributed by atoms with Crippen LogP contribution in [-0.2, 0) is 11.3 Å². The van der Waals surface area contributed by atoms with Gasteiger partial charge in [0.2, 0.25) is 5.91 Å². The Morgan fingerprint density at radius 1 is 1.42 bits per heavy atom. The van der Waals surface area contributed by atoms with E-state index in [0.29, 0.717) is 18.2 Å². The zero-order valence-corrected chi connectivity index (χ0v) is 14.5. The van der Waals surface area contributed by atoms with E-state index >= 15 is 0 Å². The van der Waals surface area contributed by atoms with Gasteiger partial charge in [-0.3, -0.25) is 4.79 Å². The first-order chi connectivity index (χ1) is 11.5. The van der Waals surface area contributed by atoms with Crippen molar-refractivity contribution >= 4 is 23.5 Å². The number of amides is 1. The molecule has 124 valence electrons. The highest BCUT2D eigenvalue weighted by molar-refractivity contribution is 8.00. The smallest absolute Gasteiger partial charge is 0.236 e. The zero-order valence-electron chi connectivity index (χ0n) is 13.6. The minimum Gasteiger partial charge on any atom is -0.382 e. The van der Waals surface area contributed by atoms with Crippen molar-refractivity contribution in [2.45, 2.75) is 30.8 Å². The number of benzene rings is 1. The predicted molar refractivity (Wildman–Crippen MR) is 94.0 cm³/mol. The first-order valence-electron chi connectivity index (χ1n) is 7.57. The average molecular weight is 341 g/mol. The molecule has 0 aliphatic heterocycles. The molecule has 24 heavy (non-hydrogen) atoms. The minimum absolute atomic E-state index is 0.0119. The largest absolute Gasteiger partial charge is 0.382 e. The topological polar surface area (TPSA) is 95.9 Å². The lowest BCUT2D eigenvalue weighted by molar-refractivity contribution is -0.130. The highest BCUT2D eigenvalue weighted by Crippen LogP contribution is 2.23. The van der Waals surface area contributed by atoms with E-state index in [1.54, 1.807) is 4.90 Å². The number of rotatable bonds is 6. The quantitative estimate of drug-likeness (QED) is 0.640. The zero-order chi connectivity index (χ0) is 17.5. The van der Waals surface area contributed by atoms with Crippen LogP contribution in [0.3, 0.4) is 0 Å². The Bertz CT molecular complexity index is 744. The molecule has 1 amide bonds. The van der Waals surface area contributed by atoms with E-state index in [1.165, 1.54) is 18.0 Å². The Labute approximate surface area is 145 Å². The van der Waals surface area contributed by atoms with E-state index in [-0.39, 0.29) is 22.5 Å². The molecule has 0 fully saturated rings. The number of hydrogen-bond acceptors (Lipinski definition) is 6. The Hall–Kier alpha value is -2.59. The van der Waals surface area contributed by atoms with E-state index in [0.717, 1.165) is 5.56 Å². The van der Waals surface area contributed by atoms with E-state index in [4.69, 9.17) is 11.0 Å². The summed E-state index contributed by atoms with van der Waals surface area (Å²) in [6, 6.07) is 11.8. The number of nitriles is 1. The van der Waals surface area contributed by atoms with Gasteiger partial charge in [-0.25, -0.2) is 9.97 Å². The molecular weight excluding hydrogens is 322 g/mol. The maximum Gasteiger partial charge on any atom is 0.236 e. The van der Waals surface area contributed by atoms with E-state index in [9.17, 15) is 4.79 Å². The van der Waals surface area contributed by atoms with Crippen molar-refractivity contribution < 1.29 is 4.79 Å². The summed E-state index contributed by atoms with van der Waals surface area (Å²) < 4.78 is 0. The lowest BCUT2D eigenvalue weighted by Gasteiger charge is -2.24. The van der Waals surface area contributed by atoms with E-state index in [2.05, 4.69) is 9.97 Å². The fourth-order valence-electron chi connectivity index (χ4n) is 2.14. The minimum atomic E-state index is -0.346. The van der Waals surface area contributed by atoms with Crippen LogP contribution in [0.15, 0.2) is 41.7 Å². The molecule has 0 spiro atoms. The molecule has 1 heterocycles. The van der Waals surface area contributed by atoms with Crippen molar-refractivity contribution in [1.82, 2.24) is 14.9 Å². The maximum absolute atomic E-state index is 12.7. The van der Waals surface area contributed by atoms with Crippen LogP contribution in [0.4, 0.5) is 5.82 Å². The first kappa shape index (κ1) is 17.8. The fourth-order valence-corrected chi connectivity index (χ4v) is 2.97. The standard InChI is InChI=1S/C17H19N5OS/c1-3-22(11-13-7-5-4-6-8-13)16(23)12(2)24-17-20-10-14(9-18)15(19)21-17/h4-8,10,12H,3,11H2,1-2H3,(H2,19,20,21). The van der Waals surface area contributed by atoms with Gasteiger partial charge in [0.05, 0.1) is 11.4 Å². The van der Waals surface area contributed by atoms with Gasteiger partial charge in [-0.2, -0.15) is 5.26 Å². The molecule has 0 bridgehead atoms. The molecular formula is C17H19N5OS. The highest BCUT2D eigenvalue weighted by atomic mass is 32.2. The highest BCUT2D eigenvalue weighted by Gasteiger charge is 2.22. The molecule has 0 aliphatic rings. The summed E-state index contributed by atoms with van der Waals surface area (Å²) in [6.07, 6.45) is 1.38. The second kappa shape index (κ2) is 8.31. The Morgan fingerprint density at radius 3 is 2.71 bits per heavy atom. The number of nitrogens with zero attached hydrogens (tertiary/aromatic N) is 4. The summed E-state index contributed by atoms with van der Waals surface area (Å²) in [4.78, 5) is 22.6. The predicted octanol–water partition coefficient (Wildman–Crippen LogP) is 2.46. The van der Waals surface area contributed by atoms with Gasteiger partial charge in [0.25, 0.3) is 0 Å². The van der Waals surface area contributed by atoms with Gasteiger partial charge in [0, 0.05) is 13.1 Å². The van der Waals surface area contributed by atoms with Gasteiger partial charge in [0.1, 0.15) is 17.5 Å². The van der Waals surface area contributed by atoms with Crippen molar-refractivity contribution in [2.24, 2.45) is 0 Å². The SMILES string of the molecule is CCN(Cc1ccccc1)C(=O)C(C)Sc1ncc(C#N)c(N)n1. The molecule has 0 aliphatic carbocycles. The van der Waals surface area contributed by atoms with E-state index in [1.807, 2.05) is 50.2 Å². The number of thioether (sulfide) groups is 1. The number of hydrogen-bond donors (Lipinski definition) is 1. The summed E-state index contributed by atoms with van der Waals surface area (Å²) in [6.45, 7) is 4.96. The Morgan fingerprint density at radius 2 is 2.12 bits per heavy atom. The molecule has 1 atom stereocenters. The number of carbonyl (C=O) groups is 1. The number of anilines is 1. The second-order valence-corrected chi connectivity index (χ2v) is 6.47. The van der Waals surface area contributed by atoms with Crippen molar-refractivity contribution in [3.8, 4) is 6.07 Å². The number of carbonyl (C=O) groups excluding carboxylic acids is 1. The third-order valence-corrected chi connectivity index (χ3v) is 4.42. The van der Waals surface area contributed by atoms with Crippen molar-refractivity contribution in [3.63, 3.8) is 0 Å². The lowest BCUT2D eigenvalue weighted by Crippen LogP contribution is -2.36. The summed E-state index contributed by atoms with van der Waals surface area (Å²) in [5.74, 6) is 0.143. The van der Waals surface area contributed by atoms with Crippen LogP contribution < -0.4 is 5.73 Å². The third kappa shape index (κ3) is 4.46. The molecule has 7 heteroatoms. The molecule has 2 N–H and O–H groups in total. The van der Waals surface area contributed by atoms with Crippen LogP contribution in [0.1, 0.15) is 25.0 Å². The Kier molecular flexibility index (Phi) is 6.15. The second-order valence-electron chi connectivity index (χ2n) is 5.16. The van der Waals surface area contributed by atoms with Crippen molar-refractivity contribution in [1.29, 1.82) is 5.26 Å². The number of nitrogens with two attached hydrogens (primary N) is 1. The van der Waals surface area contributed by atoms with Gasteiger partial charge in [-0.05, 0) is 19.4 Å². The van der Waals surface area contributed by atoms with Gasteiger partial charge < -0.3 is 10.6 Å². The molecule has 1 unspecified atom stereocenters. The molecule has 0 radical (unpaired) electrons. The van der Waals surface area contributed by atoms with Crippen LogP contribution >= 0.6 is 11.8 Å². The van der Waals surface area contributed by atoms with Crippen LogP contribution in [0, 0.1) is 11.3 Å². The monoisotopic (exact) mass is 341 g/mol. The van der Waals surface area contributed by atoms with Crippen molar-refractivity contribution in [3.05, 3.63) is 47.7 Å². The van der Waals surface area contributed by atoms with Gasteiger partial charge in [-0.15, -0.1) is 0 Å². The third-order valence-electron chi connectivity index (χ3n) is 3.46. The van der Waals surface area contributed by atoms with Gasteiger partial charge >= 0.3 is 0 Å². The van der Waals surface area contributed by atoms with Crippen LogP contribution in [0.2, 0.25) is 0 Å². The Balaban J connectivity index is 2.04. The number of nitrogen functional groups attached to an aromatic ring is 1. The molecule has 1 aromatic carbocycles. The molecule has 1 aromatic heterocycles. The molecule has 2 rings (SSSR count). The summed E-state index contributed by atoms with van der Waals surface area (Å²) in [5, 5.41) is 8.89. The van der Waals surface area contributed by atoms with Crippen molar-refractivity contribution in [2.75, 3.05) is 12.3 Å². The summed E-state index contributed by atoms with van der Waals surface area (Å²) in [5.41, 5.74) is 7.01. The van der Waals surface area contributed by atoms with Gasteiger partial charge in [-0.1, -0.05) is 42.1 Å². The van der Waals surface area contributed by atoms with E-state index < -0.39 is 0 Å². The molecule has 0 saturated heterocycles. The molecule has 0 saturated carbocycles. The maximum atomic E-state index is 12.7. The summed E-state index contributed by atoms with van der Waals surface area (Å²) in [7, 11) is 0. The van der Waals surface area contributed by atoms with Crippen LogP contribution in [0.5, 0.6) is 0 Å².